The first-order chi connectivity index (χ1) is 13.1. The fraction of sp³-hybridized carbons (Fsp3) is 0.300. The van der Waals surface area contributed by atoms with Crippen LogP contribution < -0.4 is 10.9 Å². The largest absolute Gasteiger partial charge is 0.317 e. The molecule has 1 aliphatic heterocycles. The summed E-state index contributed by atoms with van der Waals surface area (Å²) in [4.78, 5) is 18.1. The summed E-state index contributed by atoms with van der Waals surface area (Å²) in [6, 6.07) is 5.71. The van der Waals surface area contributed by atoms with E-state index in [0.29, 0.717) is 5.65 Å². The normalized spacial score (nSPS) is 15.8. The standard InChI is InChI=1S/C20H19FN4OS/c1-12-10-24-11-14(8-16(21)19(24)23-12)17-9-13-4-7-25(20(26)18(13)27-17)15-2-5-22-6-3-15/h4,7-11,15,22H,2-3,5-6H2,1H3. The molecule has 1 N–H and O–H groups in total. The SMILES string of the molecule is Cc1cn2cc(-c3cc4ccn(C5CCNCC5)c(=O)c4s3)cc(F)c2n1. The topological polar surface area (TPSA) is 51.3 Å². The van der Waals surface area contributed by atoms with Crippen molar-refractivity contribution in [2.75, 3.05) is 13.1 Å². The number of hydrogen-bond donors (Lipinski definition) is 1. The van der Waals surface area contributed by atoms with Crippen LogP contribution in [-0.2, 0) is 0 Å². The van der Waals surface area contributed by atoms with Gasteiger partial charge in [-0.15, -0.1) is 11.3 Å². The van der Waals surface area contributed by atoms with Gasteiger partial charge in [-0.1, -0.05) is 0 Å². The summed E-state index contributed by atoms with van der Waals surface area (Å²) in [5.41, 5.74) is 1.90. The van der Waals surface area contributed by atoms with Gasteiger partial charge in [-0.2, -0.15) is 0 Å². The highest BCUT2D eigenvalue weighted by atomic mass is 32.1. The average Bonchev–Trinajstić information content (AvgIpc) is 3.26. The van der Waals surface area contributed by atoms with Crippen LogP contribution in [0.3, 0.4) is 0 Å². The molecule has 4 aromatic heterocycles. The van der Waals surface area contributed by atoms with Gasteiger partial charge in [0.1, 0.15) is 4.70 Å². The Hall–Kier alpha value is -2.51. The van der Waals surface area contributed by atoms with Gasteiger partial charge in [-0.05, 0) is 51.1 Å². The number of fused-ring (bicyclic) bond motifs is 2. The van der Waals surface area contributed by atoms with Crippen molar-refractivity contribution in [1.82, 2.24) is 19.3 Å². The van der Waals surface area contributed by atoms with Gasteiger partial charge in [-0.3, -0.25) is 4.79 Å². The average molecular weight is 382 g/mol. The van der Waals surface area contributed by atoms with Crippen LogP contribution in [0.15, 0.2) is 41.6 Å². The molecule has 0 saturated carbocycles. The van der Waals surface area contributed by atoms with Crippen LogP contribution >= 0.6 is 11.3 Å². The Morgan fingerprint density at radius 2 is 2.07 bits per heavy atom. The number of nitrogens with one attached hydrogen (secondary N) is 1. The van der Waals surface area contributed by atoms with E-state index in [-0.39, 0.29) is 17.4 Å². The molecular weight excluding hydrogens is 363 g/mol. The van der Waals surface area contributed by atoms with E-state index in [4.69, 9.17) is 0 Å². The molecule has 0 bridgehead atoms. The van der Waals surface area contributed by atoms with Gasteiger partial charge in [0.15, 0.2) is 11.5 Å². The Balaban J connectivity index is 1.62. The van der Waals surface area contributed by atoms with Gasteiger partial charge in [0.2, 0.25) is 0 Å². The van der Waals surface area contributed by atoms with Crippen LogP contribution in [0.25, 0.3) is 26.2 Å². The number of hydrogen-bond acceptors (Lipinski definition) is 4. The van der Waals surface area contributed by atoms with Crippen LogP contribution in [0.2, 0.25) is 0 Å². The smallest absolute Gasteiger partial charge is 0.268 e. The van der Waals surface area contributed by atoms with E-state index in [1.54, 1.807) is 10.6 Å². The van der Waals surface area contributed by atoms with Gasteiger partial charge in [-0.25, -0.2) is 9.37 Å². The molecule has 5 rings (SSSR count). The Morgan fingerprint density at radius 1 is 1.26 bits per heavy atom. The second-order valence-corrected chi connectivity index (χ2v) is 8.15. The highest BCUT2D eigenvalue weighted by Gasteiger charge is 2.18. The minimum Gasteiger partial charge on any atom is -0.317 e. The van der Waals surface area contributed by atoms with E-state index in [2.05, 4.69) is 10.3 Å². The van der Waals surface area contributed by atoms with Crippen molar-refractivity contribution < 1.29 is 4.39 Å². The first-order valence-corrected chi connectivity index (χ1v) is 9.92. The number of aromatic nitrogens is 3. The molecule has 1 saturated heterocycles. The van der Waals surface area contributed by atoms with E-state index in [0.717, 1.165) is 52.2 Å². The van der Waals surface area contributed by atoms with Crippen molar-refractivity contribution in [1.29, 1.82) is 0 Å². The van der Waals surface area contributed by atoms with E-state index in [1.807, 2.05) is 36.0 Å². The highest BCUT2D eigenvalue weighted by molar-refractivity contribution is 7.22. The summed E-state index contributed by atoms with van der Waals surface area (Å²) in [6.45, 7) is 3.72. The fourth-order valence-electron chi connectivity index (χ4n) is 3.87. The maximum absolute atomic E-state index is 14.4. The van der Waals surface area contributed by atoms with E-state index >= 15 is 0 Å². The number of halogens is 1. The molecule has 1 fully saturated rings. The Labute approximate surface area is 159 Å². The van der Waals surface area contributed by atoms with Gasteiger partial charge in [0, 0.05) is 40.5 Å². The number of nitrogens with zero attached hydrogens (tertiary/aromatic N) is 3. The summed E-state index contributed by atoms with van der Waals surface area (Å²) < 4.78 is 18.7. The quantitative estimate of drug-likeness (QED) is 0.574. The number of imidazole rings is 1. The zero-order chi connectivity index (χ0) is 18.5. The molecule has 0 amide bonds. The van der Waals surface area contributed by atoms with Gasteiger partial charge >= 0.3 is 0 Å². The second-order valence-electron chi connectivity index (χ2n) is 7.09. The number of thiophene rings is 1. The summed E-state index contributed by atoms with van der Waals surface area (Å²) in [5, 5.41) is 4.24. The molecular formula is C20H19FN4OS. The molecule has 5 nitrogen and oxygen atoms in total. The molecule has 0 aromatic carbocycles. The van der Waals surface area contributed by atoms with Gasteiger partial charge in [0.25, 0.3) is 5.56 Å². The molecule has 1 aliphatic rings. The lowest BCUT2D eigenvalue weighted by Crippen LogP contribution is -2.33. The number of pyridine rings is 2. The summed E-state index contributed by atoms with van der Waals surface area (Å²) in [6.07, 6.45) is 7.50. The lowest BCUT2D eigenvalue weighted by atomic mass is 10.1. The maximum atomic E-state index is 14.4. The first-order valence-electron chi connectivity index (χ1n) is 9.11. The van der Waals surface area contributed by atoms with Crippen molar-refractivity contribution in [3.8, 4) is 10.4 Å². The number of rotatable bonds is 2. The third-order valence-electron chi connectivity index (χ3n) is 5.22. The molecule has 0 unspecified atom stereocenters. The van der Waals surface area contributed by atoms with Crippen molar-refractivity contribution in [3.63, 3.8) is 0 Å². The first kappa shape index (κ1) is 16.6. The summed E-state index contributed by atoms with van der Waals surface area (Å²) >= 11 is 1.43. The van der Waals surface area contributed by atoms with Gasteiger partial charge < -0.3 is 14.3 Å². The second kappa shape index (κ2) is 6.28. The third kappa shape index (κ3) is 2.78. The minimum absolute atomic E-state index is 0.0516. The molecule has 0 atom stereocenters. The number of piperidine rings is 1. The predicted molar refractivity (Wildman–Crippen MR) is 106 cm³/mol. The molecule has 138 valence electrons. The molecule has 0 spiro atoms. The Bertz CT molecular complexity index is 1220. The zero-order valence-electron chi connectivity index (χ0n) is 14.9. The van der Waals surface area contributed by atoms with Crippen LogP contribution in [0.1, 0.15) is 24.6 Å². The summed E-state index contributed by atoms with van der Waals surface area (Å²) in [7, 11) is 0. The molecule has 27 heavy (non-hydrogen) atoms. The third-order valence-corrected chi connectivity index (χ3v) is 6.41. The van der Waals surface area contributed by atoms with E-state index in [1.165, 1.54) is 17.4 Å². The molecule has 4 aromatic rings. The van der Waals surface area contributed by atoms with E-state index in [9.17, 15) is 9.18 Å². The molecule has 7 heteroatoms. The van der Waals surface area contributed by atoms with Crippen LogP contribution in [0, 0.1) is 12.7 Å². The van der Waals surface area contributed by atoms with Crippen molar-refractivity contribution in [2.24, 2.45) is 0 Å². The Morgan fingerprint density at radius 3 is 2.89 bits per heavy atom. The summed E-state index contributed by atoms with van der Waals surface area (Å²) in [5.74, 6) is -0.356. The minimum atomic E-state index is -0.356. The van der Waals surface area contributed by atoms with E-state index < -0.39 is 0 Å². The van der Waals surface area contributed by atoms with Crippen molar-refractivity contribution in [3.05, 3.63) is 58.7 Å². The van der Waals surface area contributed by atoms with Crippen molar-refractivity contribution >= 4 is 27.1 Å². The molecule has 5 heterocycles. The predicted octanol–water partition coefficient (Wildman–Crippen LogP) is 3.75. The molecule has 0 radical (unpaired) electrons. The highest BCUT2D eigenvalue weighted by Crippen LogP contribution is 2.33. The lowest BCUT2D eigenvalue weighted by molar-refractivity contribution is 0.362. The Kier molecular flexibility index (Phi) is 3.87. The zero-order valence-corrected chi connectivity index (χ0v) is 15.7. The number of aryl methyl sites for hydroxylation is 1. The lowest BCUT2D eigenvalue weighted by Gasteiger charge is -2.24. The molecule has 0 aliphatic carbocycles. The maximum Gasteiger partial charge on any atom is 0.268 e. The fourth-order valence-corrected chi connectivity index (χ4v) is 4.94. The monoisotopic (exact) mass is 382 g/mol. The van der Waals surface area contributed by atoms with Crippen LogP contribution in [-0.4, -0.2) is 27.0 Å². The van der Waals surface area contributed by atoms with Gasteiger partial charge in [0.05, 0.1) is 5.69 Å². The van der Waals surface area contributed by atoms with Crippen LogP contribution in [0.4, 0.5) is 4.39 Å². The van der Waals surface area contributed by atoms with Crippen molar-refractivity contribution in [2.45, 2.75) is 25.8 Å². The van der Waals surface area contributed by atoms with Crippen LogP contribution in [0.5, 0.6) is 0 Å².